The lowest BCUT2D eigenvalue weighted by Gasteiger charge is -2.22. The number of amides is 1. The second-order valence-electron chi connectivity index (χ2n) is 3.96. The first-order valence-electron chi connectivity index (χ1n) is 5.55. The van der Waals surface area contributed by atoms with E-state index in [0.29, 0.717) is 15.7 Å². The van der Waals surface area contributed by atoms with Crippen LogP contribution in [-0.4, -0.2) is 43.4 Å². The minimum Gasteiger partial charge on any atom is -0.492 e. The summed E-state index contributed by atoms with van der Waals surface area (Å²) in [7, 11) is 1.000. The Morgan fingerprint density at radius 1 is 1.45 bits per heavy atom. The van der Waals surface area contributed by atoms with Crippen molar-refractivity contribution in [1.82, 2.24) is 4.90 Å². The molecule has 0 aromatic heterocycles. The third kappa shape index (κ3) is 4.26. The molecular formula is C12H12ClF4NO2. The molecule has 3 nitrogen and oxygen atoms in total. The molecule has 112 valence electrons. The van der Waals surface area contributed by atoms with Crippen LogP contribution in [0.4, 0.5) is 17.6 Å². The van der Waals surface area contributed by atoms with E-state index in [2.05, 4.69) is 0 Å². The molecule has 1 aromatic carbocycles. The Bertz CT molecular complexity index is 471. The van der Waals surface area contributed by atoms with Gasteiger partial charge in [-0.15, -0.1) is 0 Å². The number of halogens is 5. The minimum atomic E-state index is -4.69. The Morgan fingerprint density at radius 2 is 2.10 bits per heavy atom. The average molecular weight is 314 g/mol. The third-order valence-corrected chi connectivity index (χ3v) is 2.63. The van der Waals surface area contributed by atoms with Crippen molar-refractivity contribution >= 4 is 17.5 Å². The molecule has 1 amide bonds. The van der Waals surface area contributed by atoms with Gasteiger partial charge in [-0.1, -0.05) is 17.7 Å². The molecule has 1 aromatic rings. The van der Waals surface area contributed by atoms with Crippen molar-refractivity contribution in [3.63, 3.8) is 0 Å². The van der Waals surface area contributed by atoms with Crippen molar-refractivity contribution in [3.05, 3.63) is 29.3 Å². The van der Waals surface area contributed by atoms with E-state index in [1.807, 2.05) is 0 Å². The molecule has 0 spiro atoms. The van der Waals surface area contributed by atoms with E-state index >= 15 is 0 Å². The second-order valence-corrected chi connectivity index (χ2v) is 4.39. The fourth-order valence-corrected chi connectivity index (χ4v) is 1.49. The summed E-state index contributed by atoms with van der Waals surface area (Å²) in [6, 6.07) is 6.32. The Kier molecular flexibility index (Phi) is 5.62. The van der Waals surface area contributed by atoms with Gasteiger partial charge in [0.15, 0.2) is 0 Å². The van der Waals surface area contributed by atoms with Crippen LogP contribution in [0.3, 0.4) is 0 Å². The number of alkyl halides is 4. The summed E-state index contributed by atoms with van der Waals surface area (Å²) < 4.78 is 54.8. The van der Waals surface area contributed by atoms with Crippen LogP contribution in [0.5, 0.6) is 5.75 Å². The van der Waals surface area contributed by atoms with Crippen LogP contribution in [0, 0.1) is 0 Å². The number of likely N-dealkylation sites (N-methyl/N-ethyl adjacent to an activating group) is 1. The summed E-state index contributed by atoms with van der Waals surface area (Å²) in [5.74, 6) is -6.24. The van der Waals surface area contributed by atoms with Gasteiger partial charge >= 0.3 is 12.3 Å². The quantitative estimate of drug-likeness (QED) is 0.755. The van der Waals surface area contributed by atoms with Crippen molar-refractivity contribution in [2.24, 2.45) is 0 Å². The molecule has 0 N–H and O–H groups in total. The highest BCUT2D eigenvalue weighted by Gasteiger charge is 2.50. The maximum absolute atomic E-state index is 12.8. The van der Waals surface area contributed by atoms with E-state index < -0.39 is 18.3 Å². The van der Waals surface area contributed by atoms with E-state index in [1.54, 1.807) is 18.2 Å². The highest BCUT2D eigenvalue weighted by Crippen LogP contribution is 2.25. The maximum Gasteiger partial charge on any atom is 0.383 e. The van der Waals surface area contributed by atoms with Crippen LogP contribution in [0.2, 0.25) is 5.02 Å². The fourth-order valence-electron chi connectivity index (χ4n) is 1.31. The molecule has 0 bridgehead atoms. The molecule has 0 unspecified atom stereocenters. The van der Waals surface area contributed by atoms with Gasteiger partial charge in [0, 0.05) is 12.1 Å². The molecule has 0 saturated carbocycles. The number of nitrogens with zero attached hydrogens (tertiary/aromatic N) is 1. The lowest BCUT2D eigenvalue weighted by Crippen LogP contribution is -2.47. The third-order valence-electron chi connectivity index (χ3n) is 2.40. The molecule has 0 aliphatic carbocycles. The van der Waals surface area contributed by atoms with Crippen molar-refractivity contribution in [2.75, 3.05) is 20.2 Å². The van der Waals surface area contributed by atoms with Crippen LogP contribution < -0.4 is 4.74 Å². The summed E-state index contributed by atoms with van der Waals surface area (Å²) in [5.41, 5.74) is 0. The highest BCUT2D eigenvalue weighted by atomic mass is 35.5. The zero-order chi connectivity index (χ0) is 15.3. The summed E-state index contributed by atoms with van der Waals surface area (Å²) in [4.78, 5) is 11.6. The number of carbonyl (C=O) groups excluding carboxylic acids is 1. The molecule has 0 aliphatic heterocycles. The molecule has 0 saturated heterocycles. The van der Waals surface area contributed by atoms with Gasteiger partial charge in [-0.25, -0.2) is 8.78 Å². The van der Waals surface area contributed by atoms with E-state index in [4.69, 9.17) is 16.3 Å². The molecule has 1 rings (SSSR count). The Labute approximate surface area is 118 Å². The smallest absolute Gasteiger partial charge is 0.383 e. The van der Waals surface area contributed by atoms with Crippen LogP contribution >= 0.6 is 11.6 Å². The Balaban J connectivity index is 2.48. The molecule has 8 heteroatoms. The standard InChI is InChI=1S/C12H12ClF4NO2/c1-18(11(19)12(16,17)10(14)15)5-6-20-9-4-2-3-8(13)7-9/h2-4,7,10H,5-6H2,1H3. The first-order valence-corrected chi connectivity index (χ1v) is 5.93. The van der Waals surface area contributed by atoms with E-state index in [-0.39, 0.29) is 13.2 Å². The molecule has 0 aliphatic rings. The van der Waals surface area contributed by atoms with Gasteiger partial charge in [0.25, 0.3) is 5.91 Å². The number of carbonyl (C=O) groups is 1. The van der Waals surface area contributed by atoms with Gasteiger partial charge in [-0.05, 0) is 18.2 Å². The normalized spacial score (nSPS) is 11.6. The minimum absolute atomic E-state index is 0.123. The first-order chi connectivity index (χ1) is 9.25. The first kappa shape index (κ1) is 16.6. The van der Waals surface area contributed by atoms with Crippen LogP contribution in [0.25, 0.3) is 0 Å². The van der Waals surface area contributed by atoms with E-state index in [0.717, 1.165) is 7.05 Å². The predicted molar refractivity (Wildman–Crippen MR) is 65.5 cm³/mol. The molecule has 0 atom stereocenters. The number of benzene rings is 1. The molecule has 0 heterocycles. The lowest BCUT2D eigenvalue weighted by atomic mass is 10.3. The van der Waals surface area contributed by atoms with Gasteiger partial charge in [0.2, 0.25) is 0 Å². The van der Waals surface area contributed by atoms with E-state index in [9.17, 15) is 22.4 Å². The SMILES string of the molecule is CN(CCOc1cccc(Cl)c1)C(=O)C(F)(F)C(F)F. The van der Waals surface area contributed by atoms with Crippen molar-refractivity contribution in [2.45, 2.75) is 12.3 Å². The molecule has 20 heavy (non-hydrogen) atoms. The van der Waals surface area contributed by atoms with Crippen LogP contribution in [0.1, 0.15) is 0 Å². The van der Waals surface area contributed by atoms with E-state index in [1.165, 1.54) is 6.07 Å². The zero-order valence-corrected chi connectivity index (χ0v) is 11.2. The summed E-state index contributed by atoms with van der Waals surface area (Å²) in [6.45, 7) is -0.379. The number of rotatable bonds is 6. The van der Waals surface area contributed by atoms with Gasteiger partial charge < -0.3 is 9.64 Å². The second kappa shape index (κ2) is 6.78. The van der Waals surface area contributed by atoms with Gasteiger partial charge in [-0.3, -0.25) is 4.79 Å². The number of hydrogen-bond donors (Lipinski definition) is 0. The monoisotopic (exact) mass is 313 g/mol. The average Bonchev–Trinajstić information content (AvgIpc) is 2.37. The molecule has 0 fully saturated rings. The lowest BCUT2D eigenvalue weighted by molar-refractivity contribution is -0.179. The predicted octanol–water partition coefficient (Wildman–Crippen LogP) is 3.08. The van der Waals surface area contributed by atoms with Crippen molar-refractivity contribution < 1.29 is 27.1 Å². The van der Waals surface area contributed by atoms with Crippen LogP contribution in [-0.2, 0) is 4.79 Å². The Morgan fingerprint density at radius 3 is 2.65 bits per heavy atom. The fraction of sp³-hybridized carbons (Fsp3) is 0.417. The van der Waals surface area contributed by atoms with Gasteiger partial charge in [0.1, 0.15) is 12.4 Å². The number of hydrogen-bond acceptors (Lipinski definition) is 2. The van der Waals surface area contributed by atoms with Gasteiger partial charge in [-0.2, -0.15) is 8.78 Å². The molecular weight excluding hydrogens is 302 g/mol. The van der Waals surface area contributed by atoms with Crippen molar-refractivity contribution in [3.8, 4) is 5.75 Å². The largest absolute Gasteiger partial charge is 0.492 e. The number of ether oxygens (including phenoxy) is 1. The zero-order valence-electron chi connectivity index (χ0n) is 10.5. The summed E-state index contributed by atoms with van der Waals surface area (Å²) in [5, 5.41) is 0.427. The van der Waals surface area contributed by atoms with Gasteiger partial charge in [0.05, 0.1) is 6.54 Å². The maximum atomic E-state index is 12.8. The molecule has 0 radical (unpaired) electrons. The Hall–Kier alpha value is -1.50. The topological polar surface area (TPSA) is 29.5 Å². The summed E-state index contributed by atoms with van der Waals surface area (Å²) in [6.07, 6.45) is -4.04. The van der Waals surface area contributed by atoms with Crippen LogP contribution in [0.15, 0.2) is 24.3 Å². The van der Waals surface area contributed by atoms with Crippen molar-refractivity contribution in [1.29, 1.82) is 0 Å². The highest BCUT2D eigenvalue weighted by molar-refractivity contribution is 6.30. The summed E-state index contributed by atoms with van der Waals surface area (Å²) >= 11 is 5.70.